The second-order valence-electron chi connectivity index (χ2n) is 5.46. The maximum absolute atomic E-state index is 4.70. The van der Waals surface area contributed by atoms with Crippen LogP contribution in [0.1, 0.15) is 21.2 Å². The first kappa shape index (κ1) is 17.6. The molecule has 0 heterocycles. The van der Waals surface area contributed by atoms with Crippen LogP contribution in [0.2, 0.25) is 0 Å². The van der Waals surface area contributed by atoms with E-state index in [1.54, 1.807) is 3.33 Å². The van der Waals surface area contributed by atoms with Crippen LogP contribution in [0.15, 0.2) is 70.1 Å². The van der Waals surface area contributed by atoms with Crippen molar-refractivity contribution in [3.63, 3.8) is 0 Å². The first-order chi connectivity index (χ1) is 9.86. The molecule has 0 amide bonds. The molecule has 2 aromatic rings. The molecule has 0 unspecified atom stereocenters. The molecule has 0 bridgehead atoms. The summed E-state index contributed by atoms with van der Waals surface area (Å²) < 4.78 is 6.97. The molecule has 2 aromatic carbocycles. The Labute approximate surface area is 151 Å². The maximum Gasteiger partial charge on any atom is -1.00 e. The fraction of sp³-hybridized carbons (Fsp3) is 0.105. The van der Waals surface area contributed by atoms with E-state index in [-0.39, 0.29) is 24.8 Å². The van der Waals surface area contributed by atoms with Gasteiger partial charge in [-0.3, -0.25) is 0 Å². The third-order valence-electron chi connectivity index (χ3n) is 4.37. The van der Waals surface area contributed by atoms with Gasteiger partial charge in [0.2, 0.25) is 0 Å². The van der Waals surface area contributed by atoms with Gasteiger partial charge in [0.05, 0.1) is 0 Å². The summed E-state index contributed by atoms with van der Waals surface area (Å²) in [5.74, 6) is 0. The molecule has 0 atom stereocenters. The molecule has 2 aliphatic rings. The minimum absolute atomic E-state index is 0. The van der Waals surface area contributed by atoms with E-state index in [2.05, 4.69) is 66.8 Å². The minimum atomic E-state index is -2.06. The Morgan fingerprint density at radius 2 is 1.41 bits per heavy atom. The van der Waals surface area contributed by atoms with Crippen molar-refractivity contribution in [1.82, 2.24) is 0 Å². The molecular formula is C19H16Cl2Hf. The van der Waals surface area contributed by atoms with Gasteiger partial charge in [-0.2, -0.15) is 0 Å². The number of rotatable bonds is 2. The van der Waals surface area contributed by atoms with Crippen molar-refractivity contribution in [2.75, 3.05) is 0 Å². The van der Waals surface area contributed by atoms with Crippen LogP contribution >= 0.6 is 0 Å². The van der Waals surface area contributed by atoms with Crippen molar-refractivity contribution < 1.29 is 45.8 Å². The van der Waals surface area contributed by atoms with E-state index >= 15 is 0 Å². The van der Waals surface area contributed by atoms with Crippen LogP contribution in [0.5, 0.6) is 0 Å². The van der Waals surface area contributed by atoms with E-state index in [9.17, 15) is 0 Å². The van der Waals surface area contributed by atoms with Gasteiger partial charge in [0.15, 0.2) is 0 Å². The molecule has 0 aromatic heterocycles. The number of fused-ring (bicyclic) bond motifs is 3. The van der Waals surface area contributed by atoms with Crippen molar-refractivity contribution in [2.24, 2.45) is 0 Å². The Morgan fingerprint density at radius 1 is 0.864 bits per heavy atom. The summed E-state index contributed by atoms with van der Waals surface area (Å²) >= 11 is -2.06. The first-order valence-corrected chi connectivity index (χ1v) is 13.5. The van der Waals surface area contributed by atoms with Gasteiger partial charge in [-0.05, 0) is 0 Å². The topological polar surface area (TPSA) is 0 Å². The summed E-state index contributed by atoms with van der Waals surface area (Å²) in [6.07, 6.45) is 7.96. The van der Waals surface area contributed by atoms with E-state index in [0.29, 0.717) is 3.67 Å². The molecule has 0 nitrogen and oxygen atoms in total. The van der Waals surface area contributed by atoms with Gasteiger partial charge in [0.25, 0.3) is 0 Å². The van der Waals surface area contributed by atoms with Crippen molar-refractivity contribution in [3.05, 3.63) is 81.2 Å². The van der Waals surface area contributed by atoms with Gasteiger partial charge in [-0.15, -0.1) is 0 Å². The number of allylic oxidation sites excluding steroid dienone is 4. The van der Waals surface area contributed by atoms with E-state index in [1.165, 1.54) is 22.3 Å². The van der Waals surface area contributed by atoms with Gasteiger partial charge in [-0.1, -0.05) is 0 Å². The van der Waals surface area contributed by atoms with Crippen LogP contribution in [0.3, 0.4) is 0 Å². The average Bonchev–Trinajstić information content (AvgIpc) is 3.13. The van der Waals surface area contributed by atoms with Crippen LogP contribution in [-0.4, -0.2) is 4.26 Å². The fourth-order valence-corrected chi connectivity index (χ4v) is 11.7. The Kier molecular flexibility index (Phi) is 5.76. The molecule has 0 fully saturated rings. The molecule has 110 valence electrons. The predicted octanol–water partition coefficient (Wildman–Crippen LogP) is -1.34. The molecule has 22 heavy (non-hydrogen) atoms. The van der Waals surface area contributed by atoms with E-state index < -0.39 is 21.0 Å². The fourth-order valence-electron chi connectivity index (χ4n) is 3.40. The summed E-state index contributed by atoms with van der Waals surface area (Å²) in [5.41, 5.74) is 5.93. The van der Waals surface area contributed by atoms with Crippen LogP contribution in [0, 0.1) is 0 Å². The SMILES string of the molecule is [CH2]=[Hf+2]([C]1=CC=CC1)[CH]1c2ccccc2-c2ccccc21.[Cl-].[Cl-]. The standard InChI is InChI=1S/C13H9.C5H5.CH2.2ClH.Hf/c1-3-7-12-10(5-1)9-11-6-2-4-8-13(11)12;1-2-4-5-3-1;;;;/h1-9H;1-3H,4H2;1H2;2*1H;/q;;;;;+2/p-2. The zero-order chi connectivity index (χ0) is 13.5. The second-order valence-corrected chi connectivity index (χ2v) is 13.6. The maximum atomic E-state index is 4.70. The number of halogens is 2. The largest absolute Gasteiger partial charge is 1.00 e. The molecular weight excluding hydrogens is 478 g/mol. The molecule has 0 spiro atoms. The van der Waals surface area contributed by atoms with Gasteiger partial charge in [-0.25, -0.2) is 0 Å². The van der Waals surface area contributed by atoms with Gasteiger partial charge in [0, 0.05) is 0 Å². The van der Waals surface area contributed by atoms with Crippen molar-refractivity contribution >= 4 is 4.26 Å². The predicted molar refractivity (Wildman–Crippen MR) is 82.7 cm³/mol. The zero-order valence-electron chi connectivity index (χ0n) is 12.1. The summed E-state index contributed by atoms with van der Waals surface area (Å²) in [6, 6.07) is 17.8. The van der Waals surface area contributed by atoms with Crippen LogP contribution in [0.4, 0.5) is 0 Å². The van der Waals surface area contributed by atoms with Crippen LogP contribution in [0.25, 0.3) is 11.1 Å². The second kappa shape index (κ2) is 7.21. The third-order valence-corrected chi connectivity index (χ3v) is 13.4. The Balaban J connectivity index is 0.000000882. The molecule has 0 saturated heterocycles. The van der Waals surface area contributed by atoms with E-state index in [4.69, 9.17) is 4.26 Å². The summed E-state index contributed by atoms with van der Waals surface area (Å²) in [6.45, 7) is 0. The number of hydrogen-bond donors (Lipinski definition) is 0. The normalized spacial score (nSPS) is 14.0. The minimum Gasteiger partial charge on any atom is -1.00 e. The average molecular weight is 494 g/mol. The van der Waals surface area contributed by atoms with Crippen molar-refractivity contribution in [2.45, 2.75) is 10.1 Å². The molecule has 0 saturated carbocycles. The number of hydrogen-bond acceptors (Lipinski definition) is 0. The zero-order valence-corrected chi connectivity index (χ0v) is 17.2. The number of benzene rings is 2. The third kappa shape index (κ3) is 2.75. The monoisotopic (exact) mass is 494 g/mol. The first-order valence-electron chi connectivity index (χ1n) is 7.09. The van der Waals surface area contributed by atoms with E-state index in [0.717, 1.165) is 6.42 Å². The molecule has 3 heteroatoms. The Bertz CT molecular complexity index is 729. The molecule has 0 N–H and O–H groups in total. The van der Waals surface area contributed by atoms with Crippen LogP contribution < -0.4 is 24.8 Å². The van der Waals surface area contributed by atoms with Gasteiger partial charge < -0.3 is 24.8 Å². The Morgan fingerprint density at radius 3 is 1.91 bits per heavy atom. The quantitative estimate of drug-likeness (QED) is 0.455. The molecule has 2 aliphatic carbocycles. The Hall–Kier alpha value is -0.760. The smallest absolute Gasteiger partial charge is 1.00 e. The summed E-state index contributed by atoms with van der Waals surface area (Å²) in [5, 5.41) is 0. The molecule has 0 radical (unpaired) electrons. The van der Waals surface area contributed by atoms with Crippen molar-refractivity contribution in [1.29, 1.82) is 0 Å². The van der Waals surface area contributed by atoms with Gasteiger partial charge in [0.1, 0.15) is 0 Å². The molecule has 4 rings (SSSR count). The summed E-state index contributed by atoms with van der Waals surface area (Å²) in [4.78, 5) is 0. The van der Waals surface area contributed by atoms with Gasteiger partial charge >= 0.3 is 128 Å². The van der Waals surface area contributed by atoms with E-state index in [1.807, 2.05) is 0 Å². The summed E-state index contributed by atoms with van der Waals surface area (Å²) in [7, 11) is 0. The molecule has 0 aliphatic heterocycles. The van der Waals surface area contributed by atoms with Crippen molar-refractivity contribution in [3.8, 4) is 11.1 Å². The van der Waals surface area contributed by atoms with Crippen LogP contribution in [-0.2, 0) is 21.0 Å².